The number of halogens is 1. The van der Waals surface area contributed by atoms with E-state index in [1.807, 2.05) is 0 Å². The minimum absolute atomic E-state index is 0.337. The van der Waals surface area contributed by atoms with Crippen LogP contribution in [0.15, 0.2) is 12.1 Å². The van der Waals surface area contributed by atoms with Crippen molar-refractivity contribution in [2.75, 3.05) is 52.3 Å². The smallest absolute Gasteiger partial charge is 0.314 e. The zero-order chi connectivity index (χ0) is 17.7. The third-order valence-corrected chi connectivity index (χ3v) is 4.32. The SMILES string of the molecule is CCN1CCN(C(=O)C(=O)Nc2cc(OC)c(Cl)cc2OC)CC1. The molecule has 7 nitrogen and oxygen atoms in total. The van der Waals surface area contributed by atoms with Gasteiger partial charge in [0.05, 0.1) is 24.9 Å². The Hall–Kier alpha value is -1.99. The Balaban J connectivity index is 2.07. The number of hydrogen-bond donors (Lipinski definition) is 1. The average Bonchev–Trinajstić information content (AvgIpc) is 2.62. The van der Waals surface area contributed by atoms with E-state index in [2.05, 4.69) is 17.1 Å². The second-order valence-corrected chi connectivity index (χ2v) is 5.77. The fraction of sp³-hybridized carbons (Fsp3) is 0.500. The highest BCUT2D eigenvalue weighted by Gasteiger charge is 2.26. The Bertz CT molecular complexity index is 616. The Morgan fingerprint density at radius 3 is 2.29 bits per heavy atom. The summed E-state index contributed by atoms with van der Waals surface area (Å²) in [7, 11) is 2.93. The second-order valence-electron chi connectivity index (χ2n) is 5.37. The van der Waals surface area contributed by atoms with Crippen molar-refractivity contribution in [2.45, 2.75) is 6.92 Å². The van der Waals surface area contributed by atoms with Gasteiger partial charge in [0.25, 0.3) is 0 Å². The fourth-order valence-electron chi connectivity index (χ4n) is 2.54. The molecule has 8 heteroatoms. The molecule has 1 heterocycles. The molecular formula is C16H22ClN3O4. The third kappa shape index (κ3) is 4.10. The Kier molecular flexibility index (Phi) is 6.28. The zero-order valence-corrected chi connectivity index (χ0v) is 14.9. The van der Waals surface area contributed by atoms with Crippen molar-refractivity contribution in [2.24, 2.45) is 0 Å². The Labute approximate surface area is 146 Å². The van der Waals surface area contributed by atoms with Crippen LogP contribution in [-0.2, 0) is 9.59 Å². The summed E-state index contributed by atoms with van der Waals surface area (Å²) in [6, 6.07) is 3.06. The molecule has 1 aliphatic rings. The molecule has 0 saturated carbocycles. The molecule has 1 fully saturated rings. The number of anilines is 1. The molecule has 132 valence electrons. The van der Waals surface area contributed by atoms with Crippen molar-refractivity contribution in [3.8, 4) is 11.5 Å². The highest BCUT2D eigenvalue weighted by atomic mass is 35.5. The van der Waals surface area contributed by atoms with Gasteiger partial charge in [-0.3, -0.25) is 9.59 Å². The summed E-state index contributed by atoms with van der Waals surface area (Å²) < 4.78 is 10.3. The van der Waals surface area contributed by atoms with Gasteiger partial charge in [0.15, 0.2) is 0 Å². The minimum atomic E-state index is -0.706. The van der Waals surface area contributed by atoms with Crippen LogP contribution in [0.1, 0.15) is 6.92 Å². The molecule has 0 radical (unpaired) electrons. The third-order valence-electron chi connectivity index (χ3n) is 4.02. The summed E-state index contributed by atoms with van der Waals surface area (Å²) in [6.45, 7) is 5.64. The molecular weight excluding hydrogens is 334 g/mol. The van der Waals surface area contributed by atoms with Gasteiger partial charge in [0.2, 0.25) is 0 Å². The van der Waals surface area contributed by atoms with Crippen molar-refractivity contribution in [3.63, 3.8) is 0 Å². The van der Waals surface area contributed by atoms with Gasteiger partial charge in [-0.15, -0.1) is 0 Å². The number of methoxy groups -OCH3 is 2. The number of amides is 2. The molecule has 1 aromatic carbocycles. The number of piperazine rings is 1. The summed E-state index contributed by atoms with van der Waals surface area (Å²) in [4.78, 5) is 28.4. The summed E-state index contributed by atoms with van der Waals surface area (Å²) in [5, 5.41) is 2.93. The number of nitrogens with zero attached hydrogens (tertiary/aromatic N) is 2. The monoisotopic (exact) mass is 355 g/mol. The van der Waals surface area contributed by atoms with E-state index in [4.69, 9.17) is 21.1 Å². The summed E-state index contributed by atoms with van der Waals surface area (Å²) >= 11 is 6.03. The van der Waals surface area contributed by atoms with Gasteiger partial charge >= 0.3 is 11.8 Å². The fourth-order valence-corrected chi connectivity index (χ4v) is 2.78. The van der Waals surface area contributed by atoms with Crippen molar-refractivity contribution < 1.29 is 19.1 Å². The van der Waals surface area contributed by atoms with Crippen LogP contribution in [0.25, 0.3) is 0 Å². The average molecular weight is 356 g/mol. The number of carbonyl (C=O) groups is 2. The molecule has 1 aliphatic heterocycles. The van der Waals surface area contributed by atoms with Crippen LogP contribution in [0.3, 0.4) is 0 Å². The number of nitrogens with one attached hydrogen (secondary N) is 1. The lowest BCUT2D eigenvalue weighted by Gasteiger charge is -2.33. The topological polar surface area (TPSA) is 71.1 Å². The molecule has 2 amide bonds. The number of hydrogen-bond acceptors (Lipinski definition) is 5. The van der Waals surface area contributed by atoms with E-state index in [9.17, 15) is 9.59 Å². The van der Waals surface area contributed by atoms with Crippen LogP contribution in [0, 0.1) is 0 Å². The van der Waals surface area contributed by atoms with Crippen LogP contribution in [0.2, 0.25) is 5.02 Å². The first-order valence-corrected chi connectivity index (χ1v) is 8.12. The van der Waals surface area contributed by atoms with Crippen molar-refractivity contribution in [1.29, 1.82) is 0 Å². The Morgan fingerprint density at radius 2 is 1.75 bits per heavy atom. The van der Waals surface area contributed by atoms with Crippen LogP contribution in [-0.4, -0.2) is 68.6 Å². The number of carbonyl (C=O) groups excluding carboxylic acids is 2. The lowest BCUT2D eigenvalue weighted by Crippen LogP contribution is -2.51. The number of ether oxygens (including phenoxy) is 2. The second kappa shape index (κ2) is 8.21. The molecule has 1 N–H and O–H groups in total. The van der Waals surface area contributed by atoms with Gasteiger partial charge in [-0.2, -0.15) is 0 Å². The van der Waals surface area contributed by atoms with Crippen molar-refractivity contribution in [1.82, 2.24) is 9.80 Å². The van der Waals surface area contributed by atoms with E-state index in [0.29, 0.717) is 35.3 Å². The van der Waals surface area contributed by atoms with Gasteiger partial charge in [-0.05, 0) is 6.54 Å². The number of likely N-dealkylation sites (N-methyl/N-ethyl adjacent to an activating group) is 1. The van der Waals surface area contributed by atoms with E-state index in [1.54, 1.807) is 4.90 Å². The quantitative estimate of drug-likeness (QED) is 0.828. The van der Waals surface area contributed by atoms with Crippen molar-refractivity contribution in [3.05, 3.63) is 17.2 Å². The molecule has 0 spiro atoms. The lowest BCUT2D eigenvalue weighted by molar-refractivity contribution is -0.144. The van der Waals surface area contributed by atoms with Crippen LogP contribution >= 0.6 is 11.6 Å². The van der Waals surface area contributed by atoms with Crippen LogP contribution < -0.4 is 14.8 Å². The molecule has 0 aliphatic carbocycles. The van der Waals surface area contributed by atoms with Gasteiger partial charge in [0.1, 0.15) is 11.5 Å². The highest BCUT2D eigenvalue weighted by Crippen LogP contribution is 2.35. The summed E-state index contributed by atoms with van der Waals surface area (Å²) in [5.41, 5.74) is 0.337. The van der Waals surface area contributed by atoms with Crippen LogP contribution in [0.5, 0.6) is 11.5 Å². The van der Waals surface area contributed by atoms with E-state index in [-0.39, 0.29) is 0 Å². The zero-order valence-electron chi connectivity index (χ0n) is 14.1. The molecule has 1 aromatic rings. The number of benzene rings is 1. The molecule has 2 rings (SSSR count). The lowest BCUT2D eigenvalue weighted by atomic mass is 10.2. The van der Waals surface area contributed by atoms with E-state index < -0.39 is 11.8 Å². The molecule has 0 bridgehead atoms. The highest BCUT2D eigenvalue weighted by molar-refractivity contribution is 6.40. The van der Waals surface area contributed by atoms with E-state index >= 15 is 0 Å². The van der Waals surface area contributed by atoms with Gasteiger partial charge in [-0.25, -0.2) is 0 Å². The largest absolute Gasteiger partial charge is 0.495 e. The van der Waals surface area contributed by atoms with E-state index in [0.717, 1.165) is 19.6 Å². The van der Waals surface area contributed by atoms with Gasteiger partial charge in [0, 0.05) is 38.3 Å². The molecule has 0 unspecified atom stereocenters. The first-order valence-electron chi connectivity index (χ1n) is 7.74. The predicted molar refractivity (Wildman–Crippen MR) is 91.9 cm³/mol. The summed E-state index contributed by atoms with van der Waals surface area (Å²) in [5.74, 6) is -0.515. The molecule has 24 heavy (non-hydrogen) atoms. The predicted octanol–water partition coefficient (Wildman–Crippen LogP) is 1.46. The van der Waals surface area contributed by atoms with Gasteiger partial charge in [-0.1, -0.05) is 18.5 Å². The molecule has 0 aromatic heterocycles. The Morgan fingerprint density at radius 1 is 1.12 bits per heavy atom. The maximum absolute atomic E-state index is 12.3. The van der Waals surface area contributed by atoms with E-state index in [1.165, 1.54) is 26.4 Å². The first kappa shape index (κ1) is 18.4. The first-order chi connectivity index (χ1) is 11.5. The van der Waals surface area contributed by atoms with Gasteiger partial charge < -0.3 is 24.6 Å². The van der Waals surface area contributed by atoms with Crippen molar-refractivity contribution >= 4 is 29.1 Å². The molecule has 1 saturated heterocycles. The summed E-state index contributed by atoms with van der Waals surface area (Å²) in [6.07, 6.45) is 0. The normalized spacial score (nSPS) is 15.1. The standard InChI is InChI=1S/C16H22ClN3O4/c1-4-19-5-7-20(8-6-19)16(22)15(21)18-12-10-13(23-2)11(17)9-14(12)24-3/h9-10H,4-8H2,1-3H3,(H,18,21). The van der Waals surface area contributed by atoms with Crippen LogP contribution in [0.4, 0.5) is 5.69 Å². The minimum Gasteiger partial charge on any atom is -0.495 e. The molecule has 0 atom stereocenters. The maximum Gasteiger partial charge on any atom is 0.314 e. The number of rotatable bonds is 4. The maximum atomic E-state index is 12.3.